The Balaban J connectivity index is 1.89. The molecule has 3 atom stereocenters. The molecule has 1 aliphatic heterocycles. The predicted octanol–water partition coefficient (Wildman–Crippen LogP) is 2.80. The SMILES string of the molecule is CCS[C@@H]1CCCC[C@@H]1N[C@H]1CCN(CC(F)(F)F)C1=O. The zero-order chi connectivity index (χ0) is 15.5. The third-order valence-electron chi connectivity index (χ3n) is 4.17. The predicted molar refractivity (Wildman–Crippen MR) is 78.4 cm³/mol. The summed E-state index contributed by atoms with van der Waals surface area (Å²) in [6, 6.07) is -0.182. The molecular formula is C14H23F3N2OS. The summed E-state index contributed by atoms with van der Waals surface area (Å²) in [5.74, 6) is 0.639. The maximum Gasteiger partial charge on any atom is 0.406 e. The van der Waals surface area contributed by atoms with Crippen molar-refractivity contribution in [2.75, 3.05) is 18.8 Å². The van der Waals surface area contributed by atoms with Crippen molar-refractivity contribution in [1.82, 2.24) is 10.2 Å². The molecule has 7 heteroatoms. The monoisotopic (exact) mass is 324 g/mol. The lowest BCUT2D eigenvalue weighted by molar-refractivity contribution is -0.158. The summed E-state index contributed by atoms with van der Waals surface area (Å²) in [4.78, 5) is 13.0. The number of hydrogen-bond donors (Lipinski definition) is 1. The molecule has 0 unspecified atom stereocenters. The summed E-state index contributed by atoms with van der Waals surface area (Å²) >= 11 is 1.89. The minimum absolute atomic E-state index is 0.203. The molecule has 122 valence electrons. The third kappa shape index (κ3) is 4.77. The fourth-order valence-electron chi connectivity index (χ4n) is 3.23. The van der Waals surface area contributed by atoms with E-state index < -0.39 is 24.7 Å². The second kappa shape index (κ2) is 7.22. The van der Waals surface area contributed by atoms with Crippen molar-refractivity contribution in [2.24, 2.45) is 0 Å². The van der Waals surface area contributed by atoms with E-state index in [1.54, 1.807) is 0 Å². The Hall–Kier alpha value is -0.430. The average Bonchev–Trinajstić information content (AvgIpc) is 2.72. The van der Waals surface area contributed by atoms with Crippen molar-refractivity contribution >= 4 is 17.7 Å². The maximum absolute atomic E-state index is 12.4. The fraction of sp³-hybridized carbons (Fsp3) is 0.929. The topological polar surface area (TPSA) is 32.3 Å². The Morgan fingerprint density at radius 2 is 2.00 bits per heavy atom. The summed E-state index contributed by atoms with van der Waals surface area (Å²) < 4.78 is 37.2. The summed E-state index contributed by atoms with van der Waals surface area (Å²) in [5.41, 5.74) is 0. The Morgan fingerprint density at radius 3 is 2.67 bits per heavy atom. The van der Waals surface area contributed by atoms with Gasteiger partial charge in [0.25, 0.3) is 0 Å². The highest BCUT2D eigenvalue weighted by Crippen LogP contribution is 2.30. The number of likely N-dealkylation sites (tertiary alicyclic amines) is 1. The van der Waals surface area contributed by atoms with E-state index in [1.165, 1.54) is 6.42 Å². The van der Waals surface area contributed by atoms with Gasteiger partial charge in [0, 0.05) is 17.8 Å². The molecule has 0 radical (unpaired) electrons. The quantitative estimate of drug-likeness (QED) is 0.844. The van der Waals surface area contributed by atoms with E-state index in [1.807, 2.05) is 11.8 Å². The first-order chi connectivity index (χ1) is 9.90. The van der Waals surface area contributed by atoms with Crippen LogP contribution in [-0.2, 0) is 4.79 Å². The van der Waals surface area contributed by atoms with Gasteiger partial charge in [-0.15, -0.1) is 0 Å². The number of halogens is 3. The van der Waals surface area contributed by atoms with Crippen molar-refractivity contribution < 1.29 is 18.0 Å². The Morgan fingerprint density at radius 1 is 1.29 bits per heavy atom. The molecule has 2 fully saturated rings. The van der Waals surface area contributed by atoms with Gasteiger partial charge in [-0.25, -0.2) is 0 Å². The smallest absolute Gasteiger partial charge is 0.332 e. The lowest BCUT2D eigenvalue weighted by atomic mass is 9.94. The van der Waals surface area contributed by atoms with Gasteiger partial charge >= 0.3 is 6.18 Å². The van der Waals surface area contributed by atoms with Crippen LogP contribution in [0, 0.1) is 0 Å². The summed E-state index contributed by atoms with van der Waals surface area (Å²) in [6.07, 6.45) is 0.648. The fourth-order valence-corrected chi connectivity index (χ4v) is 4.43. The van der Waals surface area contributed by atoms with Crippen molar-refractivity contribution in [3.05, 3.63) is 0 Å². The van der Waals surface area contributed by atoms with Crippen LogP contribution in [0.5, 0.6) is 0 Å². The van der Waals surface area contributed by atoms with Gasteiger partial charge in [0.2, 0.25) is 5.91 Å². The lowest BCUT2D eigenvalue weighted by Crippen LogP contribution is -2.49. The van der Waals surface area contributed by atoms with Crippen LogP contribution in [0.25, 0.3) is 0 Å². The first kappa shape index (κ1) is 16.9. The number of thioether (sulfide) groups is 1. The number of rotatable bonds is 5. The van der Waals surface area contributed by atoms with E-state index in [9.17, 15) is 18.0 Å². The van der Waals surface area contributed by atoms with Crippen molar-refractivity contribution in [3.63, 3.8) is 0 Å². The second-order valence-corrected chi connectivity index (χ2v) is 7.28. The van der Waals surface area contributed by atoms with Gasteiger partial charge in [0.05, 0.1) is 6.04 Å². The molecule has 2 aliphatic rings. The number of nitrogens with zero attached hydrogens (tertiary/aromatic N) is 1. The first-order valence-electron chi connectivity index (χ1n) is 7.64. The summed E-state index contributed by atoms with van der Waals surface area (Å²) in [5, 5.41) is 3.82. The Labute approximate surface area is 128 Å². The number of amides is 1. The molecule has 0 spiro atoms. The van der Waals surface area contributed by atoms with E-state index in [0.29, 0.717) is 11.7 Å². The van der Waals surface area contributed by atoms with Crippen molar-refractivity contribution in [1.29, 1.82) is 0 Å². The maximum atomic E-state index is 12.4. The van der Waals surface area contributed by atoms with Gasteiger partial charge in [-0.3, -0.25) is 4.79 Å². The van der Waals surface area contributed by atoms with Crippen LogP contribution < -0.4 is 5.32 Å². The molecule has 3 nitrogen and oxygen atoms in total. The van der Waals surface area contributed by atoms with Crippen LogP contribution in [0.1, 0.15) is 39.0 Å². The molecule has 1 aliphatic carbocycles. The molecule has 1 saturated heterocycles. The molecule has 1 N–H and O–H groups in total. The van der Waals surface area contributed by atoms with Gasteiger partial charge < -0.3 is 10.2 Å². The van der Waals surface area contributed by atoms with Crippen LogP contribution in [0.15, 0.2) is 0 Å². The molecule has 0 aromatic rings. The second-order valence-electron chi connectivity index (χ2n) is 5.77. The van der Waals surface area contributed by atoms with Gasteiger partial charge in [-0.1, -0.05) is 19.8 Å². The zero-order valence-corrected chi connectivity index (χ0v) is 13.1. The van der Waals surface area contributed by atoms with Crippen LogP contribution in [0.4, 0.5) is 13.2 Å². The van der Waals surface area contributed by atoms with Gasteiger partial charge in [-0.05, 0) is 25.0 Å². The number of carbonyl (C=O) groups is 1. The van der Waals surface area contributed by atoms with Crippen LogP contribution >= 0.6 is 11.8 Å². The molecule has 0 bridgehead atoms. The largest absolute Gasteiger partial charge is 0.406 e. The third-order valence-corrected chi connectivity index (χ3v) is 5.49. The lowest BCUT2D eigenvalue weighted by Gasteiger charge is -2.33. The summed E-state index contributed by atoms with van der Waals surface area (Å²) in [7, 11) is 0. The normalized spacial score (nSPS) is 31.0. The van der Waals surface area contributed by atoms with Crippen molar-refractivity contribution in [2.45, 2.75) is 62.5 Å². The molecule has 1 amide bonds. The number of carbonyl (C=O) groups excluding carboxylic acids is 1. The molecule has 1 heterocycles. The highest BCUT2D eigenvalue weighted by molar-refractivity contribution is 7.99. The highest BCUT2D eigenvalue weighted by atomic mass is 32.2. The van der Waals surface area contributed by atoms with E-state index >= 15 is 0 Å². The molecule has 1 saturated carbocycles. The molecule has 2 rings (SSSR count). The van der Waals surface area contributed by atoms with E-state index in [0.717, 1.165) is 29.9 Å². The van der Waals surface area contributed by atoms with Crippen LogP contribution in [0.2, 0.25) is 0 Å². The molecule has 0 aromatic carbocycles. The zero-order valence-electron chi connectivity index (χ0n) is 12.3. The standard InChI is InChI=1S/C14H23F3N2OS/c1-2-21-12-6-4-3-5-10(12)18-11-7-8-19(13(11)20)9-14(15,16)17/h10-12,18H,2-9H2,1H3/t10-,11-,12+/m0/s1. The molecule has 0 aromatic heterocycles. The average molecular weight is 324 g/mol. The minimum Gasteiger partial charge on any atom is -0.332 e. The summed E-state index contributed by atoms with van der Waals surface area (Å²) in [6.45, 7) is 1.19. The minimum atomic E-state index is -4.31. The van der Waals surface area contributed by atoms with Crippen LogP contribution in [0.3, 0.4) is 0 Å². The van der Waals surface area contributed by atoms with Gasteiger partial charge in [-0.2, -0.15) is 24.9 Å². The van der Waals surface area contributed by atoms with E-state index in [4.69, 9.17) is 0 Å². The Bertz CT molecular complexity index is 363. The number of hydrogen-bond acceptors (Lipinski definition) is 3. The van der Waals surface area contributed by atoms with E-state index in [2.05, 4.69) is 12.2 Å². The number of alkyl halides is 3. The van der Waals surface area contributed by atoms with Crippen molar-refractivity contribution in [3.8, 4) is 0 Å². The molecule has 21 heavy (non-hydrogen) atoms. The van der Waals surface area contributed by atoms with Crippen LogP contribution in [-0.4, -0.2) is 53.2 Å². The Kier molecular flexibility index (Phi) is 5.82. The van der Waals surface area contributed by atoms with Gasteiger partial charge in [0.15, 0.2) is 0 Å². The highest BCUT2D eigenvalue weighted by Gasteiger charge is 2.40. The number of nitrogens with one attached hydrogen (secondary N) is 1. The molecular weight excluding hydrogens is 301 g/mol. The first-order valence-corrected chi connectivity index (χ1v) is 8.69. The van der Waals surface area contributed by atoms with Gasteiger partial charge in [0.1, 0.15) is 6.54 Å². The van der Waals surface area contributed by atoms with E-state index in [-0.39, 0.29) is 12.6 Å².